The Balaban J connectivity index is 1.94. The number of carbonyl (C=O) groups is 1. The molecular formula is C14H19NO2. The van der Waals surface area contributed by atoms with E-state index in [1.165, 1.54) is 5.56 Å². The molecule has 0 radical (unpaired) electrons. The largest absolute Gasteiger partial charge is 0.480 e. The van der Waals surface area contributed by atoms with Crippen molar-refractivity contribution < 1.29 is 9.90 Å². The molecule has 0 spiro atoms. The van der Waals surface area contributed by atoms with Crippen LogP contribution in [0.1, 0.15) is 37.7 Å². The summed E-state index contributed by atoms with van der Waals surface area (Å²) in [6, 6.07) is 10.1. The normalized spacial score (nSPS) is 18.6. The Morgan fingerprint density at radius 3 is 2.59 bits per heavy atom. The number of aliphatic carboxylic acids is 1. The fraction of sp³-hybridized carbons (Fsp3) is 0.500. The molecular weight excluding hydrogens is 214 g/mol. The Hall–Kier alpha value is -1.35. The zero-order valence-electron chi connectivity index (χ0n) is 10.1. The molecule has 0 bridgehead atoms. The highest BCUT2D eigenvalue weighted by Gasteiger charge is 2.29. The summed E-state index contributed by atoms with van der Waals surface area (Å²) in [6.07, 6.45) is 2.88. The van der Waals surface area contributed by atoms with Crippen molar-refractivity contribution in [1.82, 2.24) is 5.32 Å². The lowest BCUT2D eigenvalue weighted by atomic mass is 9.94. The fourth-order valence-corrected chi connectivity index (χ4v) is 2.05. The van der Waals surface area contributed by atoms with Crippen LogP contribution in [0.2, 0.25) is 0 Å². The number of nitrogens with one attached hydrogen (secondary N) is 1. The smallest absolute Gasteiger partial charge is 0.320 e. The molecule has 92 valence electrons. The van der Waals surface area contributed by atoms with Gasteiger partial charge < -0.3 is 10.4 Å². The second-order valence-corrected chi connectivity index (χ2v) is 4.88. The first-order valence-corrected chi connectivity index (χ1v) is 6.20. The molecule has 17 heavy (non-hydrogen) atoms. The molecule has 2 atom stereocenters. The van der Waals surface area contributed by atoms with E-state index in [4.69, 9.17) is 0 Å². The third-order valence-electron chi connectivity index (χ3n) is 3.27. The first kappa shape index (κ1) is 12.1. The zero-order valence-corrected chi connectivity index (χ0v) is 10.1. The van der Waals surface area contributed by atoms with Crippen molar-refractivity contribution in [2.24, 2.45) is 0 Å². The lowest BCUT2D eigenvalue weighted by Gasteiger charge is -2.19. The molecule has 2 unspecified atom stereocenters. The van der Waals surface area contributed by atoms with Crippen molar-refractivity contribution in [3.05, 3.63) is 35.9 Å². The van der Waals surface area contributed by atoms with Gasteiger partial charge in [-0.25, -0.2) is 0 Å². The van der Waals surface area contributed by atoms with Crippen LogP contribution in [0.15, 0.2) is 30.3 Å². The number of carboxylic acid groups (broad SMARTS) is 1. The first-order chi connectivity index (χ1) is 8.16. The number of hydrogen-bond acceptors (Lipinski definition) is 2. The molecule has 0 heterocycles. The van der Waals surface area contributed by atoms with Crippen molar-refractivity contribution >= 4 is 5.97 Å². The minimum atomic E-state index is -0.736. The highest BCUT2D eigenvalue weighted by molar-refractivity contribution is 5.73. The van der Waals surface area contributed by atoms with Crippen LogP contribution in [0.4, 0.5) is 0 Å². The monoisotopic (exact) mass is 233 g/mol. The Morgan fingerprint density at radius 2 is 2.06 bits per heavy atom. The van der Waals surface area contributed by atoms with Gasteiger partial charge >= 0.3 is 5.97 Å². The molecule has 0 aromatic heterocycles. The maximum absolute atomic E-state index is 11.2. The zero-order chi connectivity index (χ0) is 12.3. The maximum atomic E-state index is 11.2. The summed E-state index contributed by atoms with van der Waals surface area (Å²) >= 11 is 0. The Kier molecular flexibility index (Phi) is 3.79. The highest BCUT2D eigenvalue weighted by Crippen LogP contribution is 2.24. The summed E-state index contributed by atoms with van der Waals surface area (Å²) in [5.41, 5.74) is 1.20. The van der Waals surface area contributed by atoms with Gasteiger partial charge in [-0.05, 0) is 30.7 Å². The van der Waals surface area contributed by atoms with Gasteiger partial charge in [-0.15, -0.1) is 0 Å². The van der Waals surface area contributed by atoms with E-state index in [1.807, 2.05) is 18.2 Å². The van der Waals surface area contributed by atoms with Gasteiger partial charge in [-0.2, -0.15) is 0 Å². The summed E-state index contributed by atoms with van der Waals surface area (Å²) in [6.45, 7) is 2.08. The summed E-state index contributed by atoms with van der Waals surface area (Å²) in [5.74, 6) is -0.469. The van der Waals surface area contributed by atoms with Crippen molar-refractivity contribution in [3.63, 3.8) is 0 Å². The van der Waals surface area contributed by atoms with E-state index >= 15 is 0 Å². The summed E-state index contributed by atoms with van der Waals surface area (Å²) in [4.78, 5) is 11.2. The molecule has 0 saturated heterocycles. The Bertz CT molecular complexity index is 373. The summed E-state index contributed by atoms with van der Waals surface area (Å²) < 4.78 is 0. The third-order valence-corrected chi connectivity index (χ3v) is 3.27. The van der Waals surface area contributed by atoms with Crippen LogP contribution < -0.4 is 5.32 Å². The standard InChI is InChI=1S/C14H19NO2/c1-10(11-5-3-2-4-6-11)9-13(14(16)17)15-12-7-8-12/h2-6,10,12-13,15H,7-9H2,1H3,(H,16,17). The van der Waals surface area contributed by atoms with Gasteiger partial charge in [0.1, 0.15) is 6.04 Å². The van der Waals surface area contributed by atoms with E-state index in [2.05, 4.69) is 24.4 Å². The molecule has 1 aliphatic carbocycles. The summed E-state index contributed by atoms with van der Waals surface area (Å²) in [5, 5.41) is 12.4. The van der Waals surface area contributed by atoms with Gasteiger partial charge in [-0.1, -0.05) is 37.3 Å². The third kappa shape index (κ3) is 3.56. The first-order valence-electron chi connectivity index (χ1n) is 6.20. The van der Waals surface area contributed by atoms with Gasteiger partial charge in [0.15, 0.2) is 0 Å². The molecule has 1 saturated carbocycles. The van der Waals surface area contributed by atoms with Gasteiger partial charge in [0.05, 0.1) is 0 Å². The van der Waals surface area contributed by atoms with E-state index in [-0.39, 0.29) is 5.92 Å². The van der Waals surface area contributed by atoms with Crippen molar-refractivity contribution in [1.29, 1.82) is 0 Å². The average Bonchev–Trinajstić information content (AvgIpc) is 3.13. The molecule has 3 heteroatoms. The van der Waals surface area contributed by atoms with Gasteiger partial charge in [-0.3, -0.25) is 4.79 Å². The summed E-state index contributed by atoms with van der Waals surface area (Å²) in [7, 11) is 0. The molecule has 1 aliphatic rings. The topological polar surface area (TPSA) is 49.3 Å². The minimum Gasteiger partial charge on any atom is -0.480 e. The van der Waals surface area contributed by atoms with Gasteiger partial charge in [0.25, 0.3) is 0 Å². The van der Waals surface area contributed by atoms with Crippen molar-refractivity contribution in [2.45, 2.75) is 44.2 Å². The molecule has 1 aromatic carbocycles. The van der Waals surface area contributed by atoms with E-state index in [1.54, 1.807) is 0 Å². The second kappa shape index (κ2) is 5.32. The highest BCUT2D eigenvalue weighted by atomic mass is 16.4. The Morgan fingerprint density at radius 1 is 1.41 bits per heavy atom. The van der Waals surface area contributed by atoms with Crippen LogP contribution >= 0.6 is 0 Å². The predicted molar refractivity (Wildman–Crippen MR) is 67.1 cm³/mol. The van der Waals surface area contributed by atoms with Crippen molar-refractivity contribution in [2.75, 3.05) is 0 Å². The van der Waals surface area contributed by atoms with E-state index < -0.39 is 12.0 Å². The second-order valence-electron chi connectivity index (χ2n) is 4.88. The van der Waals surface area contributed by atoms with Crippen LogP contribution in [0.5, 0.6) is 0 Å². The minimum absolute atomic E-state index is 0.267. The van der Waals surface area contributed by atoms with Crippen LogP contribution in [0.3, 0.4) is 0 Å². The van der Waals surface area contributed by atoms with Gasteiger partial charge in [0.2, 0.25) is 0 Å². The average molecular weight is 233 g/mol. The Labute approximate surface area is 102 Å². The molecule has 2 N–H and O–H groups in total. The number of benzene rings is 1. The maximum Gasteiger partial charge on any atom is 0.320 e. The van der Waals surface area contributed by atoms with Gasteiger partial charge in [0, 0.05) is 6.04 Å². The molecule has 0 amide bonds. The van der Waals surface area contributed by atoms with Crippen molar-refractivity contribution in [3.8, 4) is 0 Å². The molecule has 2 rings (SSSR count). The lowest BCUT2D eigenvalue weighted by Crippen LogP contribution is -2.39. The number of hydrogen-bond donors (Lipinski definition) is 2. The fourth-order valence-electron chi connectivity index (χ4n) is 2.05. The molecule has 3 nitrogen and oxygen atoms in total. The van der Waals surface area contributed by atoms with E-state index in [0.29, 0.717) is 12.5 Å². The van der Waals surface area contributed by atoms with Crippen LogP contribution in [-0.4, -0.2) is 23.2 Å². The lowest BCUT2D eigenvalue weighted by molar-refractivity contribution is -0.139. The van der Waals surface area contributed by atoms with Crippen LogP contribution in [-0.2, 0) is 4.79 Å². The molecule has 1 fully saturated rings. The van der Waals surface area contributed by atoms with E-state index in [0.717, 1.165) is 12.8 Å². The van der Waals surface area contributed by atoms with Crippen LogP contribution in [0, 0.1) is 0 Å². The SMILES string of the molecule is CC(CC(NC1CC1)C(=O)O)c1ccccc1. The predicted octanol–water partition coefficient (Wildman–Crippen LogP) is 2.39. The number of rotatable bonds is 6. The van der Waals surface area contributed by atoms with Crippen LogP contribution in [0.25, 0.3) is 0 Å². The molecule has 1 aromatic rings. The number of carboxylic acids is 1. The molecule has 0 aliphatic heterocycles. The van der Waals surface area contributed by atoms with E-state index in [9.17, 15) is 9.90 Å². The quantitative estimate of drug-likeness (QED) is 0.793.